The number of aliphatic hydroxyl groups excluding tert-OH is 2. The number of anilines is 1. The molecule has 0 spiro atoms. The fraction of sp³-hybridized carbons (Fsp3) is 0.385. The van der Waals surface area contributed by atoms with E-state index in [9.17, 15) is 14.7 Å². The highest BCUT2D eigenvalue weighted by Gasteiger charge is 2.38. The molecule has 18 heavy (non-hydrogen) atoms. The Morgan fingerprint density at radius 3 is 2.44 bits per heavy atom. The summed E-state index contributed by atoms with van der Waals surface area (Å²) in [6.45, 7) is 3.06. The molecule has 1 unspecified atom stereocenters. The number of β-amino-alcohol motifs (C(OH)–C–C–N with tert-alkyl or cyclic N) is 1. The molecule has 0 aromatic heterocycles. The van der Waals surface area contributed by atoms with Gasteiger partial charge in [-0.2, -0.15) is 0 Å². The van der Waals surface area contributed by atoms with Crippen molar-refractivity contribution in [2.45, 2.75) is 20.0 Å². The molecule has 1 heterocycles. The van der Waals surface area contributed by atoms with Gasteiger partial charge in [-0.05, 0) is 25.0 Å². The summed E-state index contributed by atoms with van der Waals surface area (Å²) in [6.07, 6.45) is -1.05. The van der Waals surface area contributed by atoms with Crippen LogP contribution in [0, 0.1) is 13.8 Å². The van der Waals surface area contributed by atoms with Gasteiger partial charge in [0.2, 0.25) is 0 Å². The number of rotatable bonds is 3. The molecular weight excluding hydrogens is 234 g/mol. The van der Waals surface area contributed by atoms with Crippen LogP contribution >= 0.6 is 0 Å². The van der Waals surface area contributed by atoms with Crippen molar-refractivity contribution in [1.82, 2.24) is 0 Å². The summed E-state index contributed by atoms with van der Waals surface area (Å²) in [4.78, 5) is 25.1. The molecule has 1 aromatic carbocycles. The minimum atomic E-state index is -1.05. The highest BCUT2D eigenvalue weighted by atomic mass is 16.3. The summed E-state index contributed by atoms with van der Waals surface area (Å²) in [7, 11) is 0. The molecule has 2 rings (SSSR count). The van der Waals surface area contributed by atoms with Crippen LogP contribution in [0.4, 0.5) is 5.69 Å². The highest BCUT2D eigenvalue weighted by molar-refractivity contribution is 6.52. The highest BCUT2D eigenvalue weighted by Crippen LogP contribution is 2.34. The second-order valence-corrected chi connectivity index (χ2v) is 4.50. The molecule has 0 fully saturated rings. The molecule has 1 aromatic rings. The minimum absolute atomic E-state index is 0.0711. The van der Waals surface area contributed by atoms with Crippen LogP contribution < -0.4 is 4.90 Å². The summed E-state index contributed by atoms with van der Waals surface area (Å²) in [6, 6.07) is 3.63. The van der Waals surface area contributed by atoms with Gasteiger partial charge in [0.1, 0.15) is 0 Å². The number of carbonyl (C=O) groups is 2. The Bertz CT molecular complexity index is 524. The van der Waals surface area contributed by atoms with Crippen molar-refractivity contribution in [3.05, 3.63) is 28.8 Å². The Hall–Kier alpha value is -1.72. The van der Waals surface area contributed by atoms with Crippen LogP contribution in [0.2, 0.25) is 0 Å². The van der Waals surface area contributed by atoms with Gasteiger partial charge in [0.25, 0.3) is 11.7 Å². The third-order valence-electron chi connectivity index (χ3n) is 3.13. The monoisotopic (exact) mass is 249 g/mol. The van der Waals surface area contributed by atoms with Crippen molar-refractivity contribution < 1.29 is 19.8 Å². The van der Waals surface area contributed by atoms with Gasteiger partial charge in [-0.25, -0.2) is 0 Å². The molecule has 1 amide bonds. The van der Waals surface area contributed by atoms with Crippen LogP contribution in [0.15, 0.2) is 12.1 Å². The van der Waals surface area contributed by atoms with E-state index in [1.54, 1.807) is 13.0 Å². The summed E-state index contributed by atoms with van der Waals surface area (Å²) >= 11 is 0. The van der Waals surface area contributed by atoms with E-state index in [1.165, 1.54) is 4.90 Å². The zero-order valence-electron chi connectivity index (χ0n) is 10.3. The van der Waals surface area contributed by atoms with E-state index in [0.29, 0.717) is 11.3 Å². The number of fused-ring (bicyclic) bond motifs is 1. The van der Waals surface area contributed by atoms with Crippen molar-refractivity contribution >= 4 is 17.4 Å². The van der Waals surface area contributed by atoms with Crippen molar-refractivity contribution in [1.29, 1.82) is 0 Å². The molecule has 5 nitrogen and oxygen atoms in total. The number of aliphatic hydroxyl groups is 2. The minimum Gasteiger partial charge on any atom is -0.394 e. The van der Waals surface area contributed by atoms with E-state index in [2.05, 4.69) is 0 Å². The molecular formula is C13H15NO4. The first kappa shape index (κ1) is 12.7. The maximum Gasteiger partial charge on any atom is 0.299 e. The predicted octanol–water partition coefficient (Wildman–Crippen LogP) is 0.186. The number of benzene rings is 1. The number of hydrogen-bond donors (Lipinski definition) is 2. The van der Waals surface area contributed by atoms with Crippen molar-refractivity contribution in [2.24, 2.45) is 0 Å². The molecule has 0 saturated heterocycles. The Morgan fingerprint density at radius 2 is 1.83 bits per heavy atom. The van der Waals surface area contributed by atoms with E-state index >= 15 is 0 Å². The molecule has 96 valence electrons. The molecule has 1 aliphatic rings. The van der Waals surface area contributed by atoms with Crippen LogP contribution in [-0.4, -0.2) is 41.2 Å². The van der Waals surface area contributed by atoms with Crippen molar-refractivity contribution in [3.8, 4) is 0 Å². The number of nitrogens with zero attached hydrogens (tertiary/aromatic N) is 1. The average Bonchev–Trinajstić information content (AvgIpc) is 2.60. The number of carbonyl (C=O) groups excluding carboxylic acids is 2. The van der Waals surface area contributed by atoms with Crippen LogP contribution in [0.1, 0.15) is 21.5 Å². The second kappa shape index (κ2) is 4.51. The van der Waals surface area contributed by atoms with E-state index in [0.717, 1.165) is 11.1 Å². The molecule has 1 aliphatic heterocycles. The van der Waals surface area contributed by atoms with Gasteiger partial charge < -0.3 is 15.1 Å². The second-order valence-electron chi connectivity index (χ2n) is 4.50. The number of hydrogen-bond acceptors (Lipinski definition) is 4. The fourth-order valence-electron chi connectivity index (χ4n) is 2.20. The lowest BCUT2D eigenvalue weighted by atomic mass is 10.0. The van der Waals surface area contributed by atoms with Crippen LogP contribution in [0.5, 0.6) is 0 Å². The lowest BCUT2D eigenvalue weighted by Crippen LogP contribution is -2.38. The maximum absolute atomic E-state index is 11.9. The maximum atomic E-state index is 11.9. The molecule has 2 N–H and O–H groups in total. The number of ketones is 1. The van der Waals surface area contributed by atoms with E-state index in [1.807, 2.05) is 13.0 Å². The van der Waals surface area contributed by atoms with Crippen molar-refractivity contribution in [3.63, 3.8) is 0 Å². The number of aryl methyl sites for hydroxylation is 2. The Balaban J connectivity index is 2.51. The Labute approximate surface area is 105 Å². The SMILES string of the molecule is Cc1ccc(C)c2c1C(=O)C(=O)N2CC(O)CO. The van der Waals surface area contributed by atoms with Gasteiger partial charge in [0.05, 0.1) is 30.5 Å². The third-order valence-corrected chi connectivity index (χ3v) is 3.13. The number of Topliss-reactive ketones (excluding diaryl/α,β-unsaturated/α-hetero) is 1. The molecule has 0 saturated carbocycles. The zero-order chi connectivity index (χ0) is 13.4. The van der Waals surface area contributed by atoms with Crippen molar-refractivity contribution in [2.75, 3.05) is 18.1 Å². The standard InChI is InChI=1S/C13H15NO4/c1-7-3-4-8(2)11-10(7)12(17)13(18)14(11)5-9(16)6-15/h3-4,9,15-16H,5-6H2,1-2H3. The lowest BCUT2D eigenvalue weighted by molar-refractivity contribution is -0.114. The van der Waals surface area contributed by atoms with E-state index in [4.69, 9.17) is 5.11 Å². The smallest absolute Gasteiger partial charge is 0.299 e. The molecule has 1 atom stereocenters. The molecule has 0 radical (unpaired) electrons. The van der Waals surface area contributed by atoms with Gasteiger partial charge >= 0.3 is 0 Å². The van der Waals surface area contributed by atoms with Crippen LogP contribution in [-0.2, 0) is 4.79 Å². The van der Waals surface area contributed by atoms with Gasteiger partial charge in [0, 0.05) is 0 Å². The summed E-state index contributed by atoms with van der Waals surface area (Å²) < 4.78 is 0. The van der Waals surface area contributed by atoms with Crippen LogP contribution in [0.3, 0.4) is 0 Å². The normalized spacial score (nSPS) is 16.1. The molecule has 0 aliphatic carbocycles. The average molecular weight is 249 g/mol. The summed E-state index contributed by atoms with van der Waals surface area (Å²) in [5.41, 5.74) is 2.51. The molecule has 0 bridgehead atoms. The van der Waals surface area contributed by atoms with Gasteiger partial charge in [-0.15, -0.1) is 0 Å². The summed E-state index contributed by atoms with van der Waals surface area (Å²) in [5.74, 6) is -1.19. The van der Waals surface area contributed by atoms with E-state index in [-0.39, 0.29) is 6.54 Å². The largest absolute Gasteiger partial charge is 0.394 e. The first-order valence-electron chi connectivity index (χ1n) is 5.72. The Morgan fingerprint density at radius 1 is 1.22 bits per heavy atom. The van der Waals surface area contributed by atoms with E-state index < -0.39 is 24.4 Å². The third kappa shape index (κ3) is 1.81. The quantitative estimate of drug-likeness (QED) is 0.749. The summed E-state index contributed by atoms with van der Waals surface area (Å²) in [5, 5.41) is 18.3. The van der Waals surface area contributed by atoms with Gasteiger partial charge in [-0.1, -0.05) is 12.1 Å². The van der Waals surface area contributed by atoms with Gasteiger partial charge in [-0.3, -0.25) is 9.59 Å². The molecule has 5 heteroatoms. The van der Waals surface area contributed by atoms with Crippen LogP contribution in [0.25, 0.3) is 0 Å². The zero-order valence-corrected chi connectivity index (χ0v) is 10.3. The van der Waals surface area contributed by atoms with Gasteiger partial charge in [0.15, 0.2) is 0 Å². The lowest BCUT2D eigenvalue weighted by Gasteiger charge is -2.21. The first-order valence-corrected chi connectivity index (χ1v) is 5.72. The predicted molar refractivity (Wildman–Crippen MR) is 65.7 cm³/mol. The number of amides is 1. The first-order chi connectivity index (χ1) is 8.47. The topological polar surface area (TPSA) is 77.8 Å². The Kier molecular flexibility index (Phi) is 3.19. The fourth-order valence-corrected chi connectivity index (χ4v) is 2.20.